The Balaban J connectivity index is 3.46. The summed E-state index contributed by atoms with van der Waals surface area (Å²) in [6.45, 7) is 10.4. The maximum absolute atomic E-state index is 3.25. The summed E-state index contributed by atoms with van der Waals surface area (Å²) in [7, 11) is 2.03. The van der Waals surface area contributed by atoms with Crippen molar-refractivity contribution in [2.24, 2.45) is 11.3 Å². The molecule has 0 atom stereocenters. The van der Waals surface area contributed by atoms with Crippen molar-refractivity contribution in [1.82, 2.24) is 5.32 Å². The van der Waals surface area contributed by atoms with Crippen LogP contribution in [0.25, 0.3) is 0 Å². The van der Waals surface area contributed by atoms with E-state index in [0.29, 0.717) is 5.41 Å². The molecule has 1 heteroatoms. The Morgan fingerprint density at radius 2 is 1.83 bits per heavy atom. The smallest absolute Gasteiger partial charge is 0.0000488 e. The van der Waals surface area contributed by atoms with Crippen molar-refractivity contribution < 1.29 is 0 Å². The van der Waals surface area contributed by atoms with E-state index in [1.54, 1.807) is 0 Å². The van der Waals surface area contributed by atoms with Gasteiger partial charge in [-0.1, -0.05) is 40.5 Å². The van der Waals surface area contributed by atoms with Gasteiger partial charge < -0.3 is 5.32 Å². The molecule has 0 bridgehead atoms. The van der Waals surface area contributed by atoms with Gasteiger partial charge in [0.15, 0.2) is 0 Å². The average molecular weight is 171 g/mol. The summed E-state index contributed by atoms with van der Waals surface area (Å²) >= 11 is 0. The van der Waals surface area contributed by atoms with Crippen LogP contribution in [0.3, 0.4) is 0 Å². The third-order valence-electron chi connectivity index (χ3n) is 2.29. The minimum absolute atomic E-state index is 0.476. The molecule has 0 spiro atoms. The maximum atomic E-state index is 3.25. The number of hydrogen-bond donors (Lipinski definition) is 1. The molecule has 1 nitrogen and oxygen atoms in total. The fourth-order valence-corrected chi connectivity index (χ4v) is 1.56. The van der Waals surface area contributed by atoms with Crippen molar-refractivity contribution in [3.63, 3.8) is 0 Å². The van der Waals surface area contributed by atoms with Crippen molar-refractivity contribution in [3.05, 3.63) is 0 Å². The molecule has 0 aliphatic rings. The van der Waals surface area contributed by atoms with E-state index in [0.717, 1.165) is 12.5 Å². The third kappa shape index (κ3) is 6.66. The van der Waals surface area contributed by atoms with Crippen molar-refractivity contribution in [2.75, 3.05) is 13.6 Å². The van der Waals surface area contributed by atoms with Gasteiger partial charge in [-0.05, 0) is 31.3 Å². The molecule has 0 saturated heterocycles. The maximum Gasteiger partial charge on any atom is -0.0000488 e. The summed E-state index contributed by atoms with van der Waals surface area (Å²) < 4.78 is 0. The monoisotopic (exact) mass is 171 g/mol. The first-order valence-corrected chi connectivity index (χ1v) is 5.12. The van der Waals surface area contributed by atoms with Crippen LogP contribution >= 0.6 is 0 Å². The lowest BCUT2D eigenvalue weighted by Gasteiger charge is -2.24. The summed E-state index contributed by atoms with van der Waals surface area (Å²) in [6, 6.07) is 0. The summed E-state index contributed by atoms with van der Waals surface area (Å²) in [5, 5.41) is 3.25. The molecule has 12 heavy (non-hydrogen) atoms. The van der Waals surface area contributed by atoms with Crippen LogP contribution in [-0.2, 0) is 0 Å². The van der Waals surface area contributed by atoms with Crippen molar-refractivity contribution in [1.29, 1.82) is 0 Å². The molecule has 0 rings (SSSR count). The van der Waals surface area contributed by atoms with E-state index in [1.807, 2.05) is 7.05 Å². The van der Waals surface area contributed by atoms with Gasteiger partial charge in [-0.15, -0.1) is 0 Å². The highest BCUT2D eigenvalue weighted by Gasteiger charge is 2.15. The standard InChI is InChI=1S/C11H25N/c1-10(2)7-6-8-11(3,4)9-12-5/h10,12H,6-9H2,1-5H3. The predicted molar refractivity (Wildman–Crippen MR) is 56.4 cm³/mol. The van der Waals surface area contributed by atoms with Gasteiger partial charge in [0, 0.05) is 0 Å². The summed E-state index contributed by atoms with van der Waals surface area (Å²) in [4.78, 5) is 0. The Morgan fingerprint density at radius 1 is 1.25 bits per heavy atom. The zero-order valence-corrected chi connectivity index (χ0v) is 9.41. The highest BCUT2D eigenvalue weighted by molar-refractivity contribution is 4.70. The molecule has 0 amide bonds. The molecular weight excluding hydrogens is 146 g/mol. The minimum Gasteiger partial charge on any atom is -0.319 e. The quantitative estimate of drug-likeness (QED) is 0.647. The van der Waals surface area contributed by atoms with Crippen LogP contribution in [-0.4, -0.2) is 13.6 Å². The molecule has 0 saturated carbocycles. The van der Waals surface area contributed by atoms with Crippen molar-refractivity contribution in [3.8, 4) is 0 Å². The third-order valence-corrected chi connectivity index (χ3v) is 2.29. The fourth-order valence-electron chi connectivity index (χ4n) is 1.56. The molecule has 0 fully saturated rings. The van der Waals surface area contributed by atoms with E-state index >= 15 is 0 Å². The predicted octanol–water partition coefficient (Wildman–Crippen LogP) is 3.06. The SMILES string of the molecule is CNCC(C)(C)CCCC(C)C. The highest BCUT2D eigenvalue weighted by Crippen LogP contribution is 2.23. The van der Waals surface area contributed by atoms with Crippen LogP contribution in [0.1, 0.15) is 47.0 Å². The number of hydrogen-bond acceptors (Lipinski definition) is 1. The van der Waals surface area contributed by atoms with Gasteiger partial charge in [-0.25, -0.2) is 0 Å². The Kier molecular flexibility index (Phi) is 5.56. The Labute approximate surface area is 77.9 Å². The van der Waals surface area contributed by atoms with E-state index in [2.05, 4.69) is 33.0 Å². The summed E-state index contributed by atoms with van der Waals surface area (Å²) in [6.07, 6.45) is 4.07. The van der Waals surface area contributed by atoms with E-state index in [9.17, 15) is 0 Å². The van der Waals surface area contributed by atoms with E-state index < -0.39 is 0 Å². The van der Waals surface area contributed by atoms with Crippen LogP contribution in [0.4, 0.5) is 0 Å². The summed E-state index contributed by atoms with van der Waals surface area (Å²) in [5.74, 6) is 0.857. The molecule has 0 aromatic carbocycles. The van der Waals surface area contributed by atoms with Crippen LogP contribution in [0.15, 0.2) is 0 Å². The molecule has 1 N–H and O–H groups in total. The fraction of sp³-hybridized carbons (Fsp3) is 1.00. The largest absolute Gasteiger partial charge is 0.319 e. The molecule has 0 aromatic rings. The van der Waals surface area contributed by atoms with Gasteiger partial charge >= 0.3 is 0 Å². The average Bonchev–Trinajstić information content (AvgIpc) is 1.85. The zero-order chi connectivity index (χ0) is 9.61. The van der Waals surface area contributed by atoms with Gasteiger partial charge in [0.05, 0.1) is 0 Å². The topological polar surface area (TPSA) is 12.0 Å². The van der Waals surface area contributed by atoms with Gasteiger partial charge in [-0.3, -0.25) is 0 Å². The molecule has 74 valence electrons. The highest BCUT2D eigenvalue weighted by atomic mass is 14.8. The second kappa shape index (κ2) is 5.58. The minimum atomic E-state index is 0.476. The Morgan fingerprint density at radius 3 is 2.25 bits per heavy atom. The second-order valence-corrected chi connectivity index (χ2v) is 4.98. The van der Waals surface area contributed by atoms with E-state index in [4.69, 9.17) is 0 Å². The molecule has 0 aliphatic heterocycles. The van der Waals surface area contributed by atoms with Gasteiger partial charge in [0.25, 0.3) is 0 Å². The summed E-state index contributed by atoms with van der Waals surface area (Å²) in [5.41, 5.74) is 0.476. The van der Waals surface area contributed by atoms with E-state index in [1.165, 1.54) is 19.3 Å². The van der Waals surface area contributed by atoms with Crippen LogP contribution in [0.5, 0.6) is 0 Å². The lowest BCUT2D eigenvalue weighted by molar-refractivity contribution is 0.304. The first-order chi connectivity index (χ1) is 5.48. The Bertz CT molecular complexity index is 106. The van der Waals surface area contributed by atoms with Crippen LogP contribution in [0, 0.1) is 11.3 Å². The lowest BCUT2D eigenvalue weighted by atomic mass is 9.86. The normalized spacial score (nSPS) is 12.5. The lowest BCUT2D eigenvalue weighted by Crippen LogP contribution is -2.26. The molecular formula is C11H25N. The first kappa shape index (κ1) is 12.0. The molecule has 0 radical (unpaired) electrons. The van der Waals surface area contributed by atoms with Crippen LogP contribution in [0.2, 0.25) is 0 Å². The number of rotatable bonds is 6. The molecule has 0 unspecified atom stereocenters. The van der Waals surface area contributed by atoms with Gasteiger partial charge in [0.1, 0.15) is 0 Å². The number of nitrogens with one attached hydrogen (secondary N) is 1. The van der Waals surface area contributed by atoms with Crippen molar-refractivity contribution in [2.45, 2.75) is 47.0 Å². The zero-order valence-electron chi connectivity index (χ0n) is 9.41. The first-order valence-electron chi connectivity index (χ1n) is 5.12. The van der Waals surface area contributed by atoms with Gasteiger partial charge in [-0.2, -0.15) is 0 Å². The van der Waals surface area contributed by atoms with E-state index in [-0.39, 0.29) is 0 Å². The van der Waals surface area contributed by atoms with Crippen LogP contribution < -0.4 is 5.32 Å². The van der Waals surface area contributed by atoms with Crippen molar-refractivity contribution >= 4 is 0 Å². The molecule has 0 heterocycles. The molecule has 0 aromatic heterocycles. The Hall–Kier alpha value is -0.0400. The molecule has 0 aliphatic carbocycles. The second-order valence-electron chi connectivity index (χ2n) is 4.98. The van der Waals surface area contributed by atoms with Gasteiger partial charge in [0.2, 0.25) is 0 Å².